The zero-order valence-electron chi connectivity index (χ0n) is 6.57. The fourth-order valence-corrected chi connectivity index (χ4v) is 0.924. The SMILES string of the molecule is CC1=NCC(C=O)C(=O)N1C. The Morgan fingerprint density at radius 2 is 2.36 bits per heavy atom. The van der Waals surface area contributed by atoms with Crippen molar-refractivity contribution in [2.24, 2.45) is 10.9 Å². The molecule has 60 valence electrons. The van der Waals surface area contributed by atoms with Crippen molar-refractivity contribution in [3.05, 3.63) is 0 Å². The molecule has 4 heteroatoms. The molecule has 1 amide bonds. The van der Waals surface area contributed by atoms with Gasteiger partial charge in [0.1, 0.15) is 18.0 Å². The van der Waals surface area contributed by atoms with Crippen LogP contribution >= 0.6 is 0 Å². The van der Waals surface area contributed by atoms with Crippen LogP contribution in [0.5, 0.6) is 0 Å². The Kier molecular flexibility index (Phi) is 2.03. The quantitative estimate of drug-likeness (QED) is 0.384. The lowest BCUT2D eigenvalue weighted by atomic mass is 10.1. The van der Waals surface area contributed by atoms with E-state index in [2.05, 4.69) is 4.99 Å². The molecular formula is C7H10N2O2. The summed E-state index contributed by atoms with van der Waals surface area (Å²) >= 11 is 0. The van der Waals surface area contributed by atoms with E-state index in [4.69, 9.17) is 0 Å². The summed E-state index contributed by atoms with van der Waals surface area (Å²) in [6.07, 6.45) is 0.648. The maximum atomic E-state index is 11.2. The first-order valence-electron chi connectivity index (χ1n) is 3.40. The molecule has 1 heterocycles. The molecule has 1 unspecified atom stereocenters. The van der Waals surface area contributed by atoms with Crippen LogP contribution in [0.15, 0.2) is 4.99 Å². The van der Waals surface area contributed by atoms with Gasteiger partial charge in [-0.15, -0.1) is 0 Å². The summed E-state index contributed by atoms with van der Waals surface area (Å²) in [7, 11) is 1.62. The van der Waals surface area contributed by atoms with Crippen LogP contribution in [0.2, 0.25) is 0 Å². The third-order valence-corrected chi connectivity index (χ3v) is 1.81. The first-order chi connectivity index (χ1) is 5.16. The molecule has 0 spiro atoms. The molecule has 4 nitrogen and oxygen atoms in total. The molecule has 0 saturated carbocycles. The largest absolute Gasteiger partial charge is 0.303 e. The molecule has 0 saturated heterocycles. The minimum atomic E-state index is -0.566. The highest BCUT2D eigenvalue weighted by Crippen LogP contribution is 2.06. The minimum absolute atomic E-state index is 0.160. The standard InChI is InChI=1S/C7H10N2O2/c1-5-8-3-6(4-10)7(11)9(5)2/h4,6H,3H2,1-2H3. The number of aliphatic imine (C=N–C) groups is 1. The lowest BCUT2D eigenvalue weighted by Crippen LogP contribution is -2.42. The van der Waals surface area contributed by atoms with Gasteiger partial charge in [-0.1, -0.05) is 0 Å². The van der Waals surface area contributed by atoms with Crippen molar-refractivity contribution in [1.82, 2.24) is 4.90 Å². The van der Waals surface area contributed by atoms with Gasteiger partial charge in [0.05, 0.1) is 6.54 Å². The summed E-state index contributed by atoms with van der Waals surface area (Å²) in [5, 5.41) is 0. The fourth-order valence-electron chi connectivity index (χ4n) is 0.924. The highest BCUT2D eigenvalue weighted by Gasteiger charge is 2.26. The van der Waals surface area contributed by atoms with Crippen molar-refractivity contribution < 1.29 is 9.59 Å². The zero-order chi connectivity index (χ0) is 8.43. The van der Waals surface area contributed by atoms with E-state index >= 15 is 0 Å². The molecule has 0 aromatic rings. The first kappa shape index (κ1) is 7.91. The highest BCUT2D eigenvalue weighted by atomic mass is 16.2. The molecule has 1 aliphatic rings. The predicted octanol–water partition coefficient (Wildman–Crippen LogP) is -0.308. The van der Waals surface area contributed by atoms with Crippen molar-refractivity contribution in [3.8, 4) is 0 Å². The van der Waals surface area contributed by atoms with Crippen molar-refractivity contribution >= 4 is 18.0 Å². The summed E-state index contributed by atoms with van der Waals surface area (Å²) < 4.78 is 0. The first-order valence-corrected chi connectivity index (χ1v) is 3.40. The van der Waals surface area contributed by atoms with Gasteiger partial charge < -0.3 is 9.69 Å². The number of hydrogen-bond acceptors (Lipinski definition) is 3. The van der Waals surface area contributed by atoms with Gasteiger partial charge in [0.25, 0.3) is 0 Å². The van der Waals surface area contributed by atoms with Gasteiger partial charge in [-0.3, -0.25) is 9.79 Å². The smallest absolute Gasteiger partial charge is 0.239 e. The normalized spacial score (nSPS) is 24.9. The molecule has 0 aromatic heterocycles. The zero-order valence-corrected chi connectivity index (χ0v) is 6.57. The Morgan fingerprint density at radius 1 is 1.73 bits per heavy atom. The summed E-state index contributed by atoms with van der Waals surface area (Å²) in [4.78, 5) is 26.9. The Balaban J connectivity index is 2.84. The summed E-state index contributed by atoms with van der Waals surface area (Å²) in [6, 6.07) is 0. The molecule has 1 aliphatic heterocycles. The Hall–Kier alpha value is -1.19. The molecule has 0 N–H and O–H groups in total. The van der Waals surface area contributed by atoms with Crippen LogP contribution in [0.3, 0.4) is 0 Å². The molecule has 11 heavy (non-hydrogen) atoms. The van der Waals surface area contributed by atoms with Crippen molar-refractivity contribution in [2.75, 3.05) is 13.6 Å². The number of amidine groups is 1. The van der Waals surface area contributed by atoms with Crippen LogP contribution in [0.1, 0.15) is 6.92 Å². The summed E-state index contributed by atoms with van der Waals surface area (Å²) in [5.41, 5.74) is 0. The third-order valence-electron chi connectivity index (χ3n) is 1.81. The average Bonchev–Trinajstić information content (AvgIpc) is 2.01. The molecule has 0 aliphatic carbocycles. The lowest BCUT2D eigenvalue weighted by Gasteiger charge is -2.24. The van der Waals surface area contributed by atoms with E-state index in [9.17, 15) is 9.59 Å². The van der Waals surface area contributed by atoms with Crippen LogP contribution in [-0.4, -0.2) is 36.5 Å². The highest BCUT2D eigenvalue weighted by molar-refractivity contribution is 6.04. The van der Waals surface area contributed by atoms with E-state index in [0.717, 1.165) is 0 Å². The van der Waals surface area contributed by atoms with Gasteiger partial charge in [0.15, 0.2) is 0 Å². The molecular weight excluding hydrogens is 144 g/mol. The molecule has 0 radical (unpaired) electrons. The molecule has 1 atom stereocenters. The number of nitrogens with zero attached hydrogens (tertiary/aromatic N) is 2. The maximum Gasteiger partial charge on any atom is 0.239 e. The molecule has 0 fully saturated rings. The van der Waals surface area contributed by atoms with Crippen LogP contribution in [-0.2, 0) is 9.59 Å². The number of carbonyl (C=O) groups excluding carboxylic acids is 2. The third kappa shape index (κ3) is 1.29. The number of amides is 1. The molecule has 0 aromatic carbocycles. The van der Waals surface area contributed by atoms with Gasteiger partial charge in [0.2, 0.25) is 5.91 Å². The number of carbonyl (C=O) groups is 2. The minimum Gasteiger partial charge on any atom is -0.303 e. The van der Waals surface area contributed by atoms with Gasteiger partial charge in [-0.2, -0.15) is 0 Å². The Labute approximate surface area is 64.9 Å². The second-order valence-electron chi connectivity index (χ2n) is 2.53. The van der Waals surface area contributed by atoms with E-state index in [0.29, 0.717) is 18.7 Å². The average molecular weight is 154 g/mol. The van der Waals surface area contributed by atoms with E-state index in [1.165, 1.54) is 4.90 Å². The van der Waals surface area contributed by atoms with Gasteiger partial charge in [0, 0.05) is 7.05 Å². The number of aldehydes is 1. The van der Waals surface area contributed by atoms with Crippen LogP contribution in [0.25, 0.3) is 0 Å². The lowest BCUT2D eigenvalue weighted by molar-refractivity contribution is -0.133. The maximum absolute atomic E-state index is 11.2. The number of hydrogen-bond donors (Lipinski definition) is 0. The second kappa shape index (κ2) is 2.82. The monoisotopic (exact) mass is 154 g/mol. The Morgan fingerprint density at radius 3 is 2.91 bits per heavy atom. The van der Waals surface area contributed by atoms with E-state index in [1.54, 1.807) is 14.0 Å². The molecule has 0 bridgehead atoms. The van der Waals surface area contributed by atoms with Crippen molar-refractivity contribution in [3.63, 3.8) is 0 Å². The topological polar surface area (TPSA) is 49.7 Å². The van der Waals surface area contributed by atoms with Crippen molar-refractivity contribution in [1.29, 1.82) is 0 Å². The molecule has 1 rings (SSSR count). The van der Waals surface area contributed by atoms with E-state index in [1.807, 2.05) is 0 Å². The van der Waals surface area contributed by atoms with Crippen LogP contribution in [0.4, 0.5) is 0 Å². The van der Waals surface area contributed by atoms with E-state index in [-0.39, 0.29) is 5.91 Å². The van der Waals surface area contributed by atoms with Gasteiger partial charge >= 0.3 is 0 Å². The van der Waals surface area contributed by atoms with Crippen molar-refractivity contribution in [2.45, 2.75) is 6.92 Å². The van der Waals surface area contributed by atoms with Gasteiger partial charge in [-0.25, -0.2) is 0 Å². The summed E-state index contributed by atoms with van der Waals surface area (Å²) in [5.74, 6) is -0.0516. The number of rotatable bonds is 1. The van der Waals surface area contributed by atoms with Crippen LogP contribution < -0.4 is 0 Å². The summed E-state index contributed by atoms with van der Waals surface area (Å²) in [6.45, 7) is 2.05. The fraction of sp³-hybridized carbons (Fsp3) is 0.571. The van der Waals surface area contributed by atoms with Crippen LogP contribution in [0, 0.1) is 5.92 Å². The predicted molar refractivity (Wildman–Crippen MR) is 40.3 cm³/mol. The Bertz CT molecular complexity index is 218. The van der Waals surface area contributed by atoms with E-state index < -0.39 is 5.92 Å². The van der Waals surface area contributed by atoms with Gasteiger partial charge in [-0.05, 0) is 6.92 Å². The second-order valence-corrected chi connectivity index (χ2v) is 2.53.